The third-order valence-electron chi connectivity index (χ3n) is 3.26. The molecular formula is C17H21N3O3. The van der Waals surface area contributed by atoms with Crippen LogP contribution in [0.5, 0.6) is 0 Å². The number of rotatable bonds is 5. The lowest BCUT2D eigenvalue weighted by Gasteiger charge is -2.12. The minimum atomic E-state index is -0.255. The summed E-state index contributed by atoms with van der Waals surface area (Å²) >= 11 is 0. The second-order valence-electron chi connectivity index (χ2n) is 6.37. The molecule has 2 aromatic rings. The quantitative estimate of drug-likeness (QED) is 0.828. The summed E-state index contributed by atoms with van der Waals surface area (Å²) in [6.07, 6.45) is 0. The summed E-state index contributed by atoms with van der Waals surface area (Å²) in [6, 6.07) is 8.72. The molecule has 0 spiro atoms. The molecule has 6 heteroatoms. The number of carbonyl (C=O) groups excluding carboxylic acids is 2. The predicted molar refractivity (Wildman–Crippen MR) is 88.8 cm³/mol. The van der Waals surface area contributed by atoms with Crippen molar-refractivity contribution in [2.75, 3.05) is 17.2 Å². The van der Waals surface area contributed by atoms with Crippen molar-refractivity contribution < 1.29 is 14.1 Å². The Labute approximate surface area is 135 Å². The summed E-state index contributed by atoms with van der Waals surface area (Å²) < 4.78 is 5.11. The van der Waals surface area contributed by atoms with Gasteiger partial charge >= 0.3 is 0 Å². The maximum atomic E-state index is 11.9. The van der Waals surface area contributed by atoms with E-state index in [9.17, 15) is 9.59 Å². The molecule has 122 valence electrons. The van der Waals surface area contributed by atoms with Crippen LogP contribution in [0, 0.1) is 0 Å². The Morgan fingerprint density at radius 1 is 1.22 bits per heavy atom. The number of nitrogens with zero attached hydrogens (tertiary/aromatic N) is 1. The zero-order chi connectivity index (χ0) is 17.0. The van der Waals surface area contributed by atoms with Gasteiger partial charge < -0.3 is 9.84 Å². The van der Waals surface area contributed by atoms with Crippen LogP contribution in [0.25, 0.3) is 0 Å². The number of benzene rings is 1. The van der Waals surface area contributed by atoms with E-state index in [1.165, 1.54) is 6.92 Å². The third kappa shape index (κ3) is 4.67. The van der Waals surface area contributed by atoms with E-state index in [2.05, 4.69) is 15.8 Å². The molecule has 1 aromatic carbocycles. The van der Waals surface area contributed by atoms with E-state index >= 15 is 0 Å². The first kappa shape index (κ1) is 16.7. The van der Waals surface area contributed by atoms with Crippen LogP contribution < -0.4 is 10.6 Å². The molecule has 0 aliphatic rings. The van der Waals surface area contributed by atoms with Gasteiger partial charge in [-0.1, -0.05) is 38.1 Å². The molecule has 0 saturated heterocycles. The molecule has 0 unspecified atom stereocenters. The maximum Gasteiger partial charge on any atom is 0.246 e. The number of hydrogen-bond acceptors (Lipinski definition) is 5. The van der Waals surface area contributed by atoms with Gasteiger partial charge in [0.05, 0.1) is 12.2 Å². The lowest BCUT2D eigenvalue weighted by Crippen LogP contribution is -2.21. The Kier molecular flexibility index (Phi) is 4.83. The fraction of sp³-hybridized carbons (Fsp3) is 0.353. The topological polar surface area (TPSA) is 84.2 Å². The summed E-state index contributed by atoms with van der Waals surface area (Å²) in [4.78, 5) is 23.3. The standard InChI is InChI=1S/C17H21N3O3/c1-11(21)12-6-5-7-13(8-12)18-10-15(22)19-16-9-14(20-23-16)17(2,3)4/h5-9,18H,10H2,1-4H3,(H,19,22). The molecular weight excluding hydrogens is 294 g/mol. The summed E-state index contributed by atoms with van der Waals surface area (Å²) in [6.45, 7) is 7.61. The van der Waals surface area contributed by atoms with Gasteiger partial charge in [-0.3, -0.25) is 14.9 Å². The lowest BCUT2D eigenvalue weighted by molar-refractivity contribution is -0.114. The number of carbonyl (C=O) groups is 2. The molecule has 1 amide bonds. The second kappa shape index (κ2) is 6.64. The minimum Gasteiger partial charge on any atom is -0.376 e. The van der Waals surface area contributed by atoms with Crippen LogP contribution in [0.15, 0.2) is 34.9 Å². The zero-order valence-electron chi connectivity index (χ0n) is 13.8. The highest BCUT2D eigenvalue weighted by Crippen LogP contribution is 2.23. The van der Waals surface area contributed by atoms with Gasteiger partial charge in [0.1, 0.15) is 0 Å². The first-order valence-corrected chi connectivity index (χ1v) is 7.37. The van der Waals surface area contributed by atoms with Gasteiger partial charge in [0.2, 0.25) is 11.8 Å². The Hall–Kier alpha value is -2.63. The molecule has 0 fully saturated rings. The summed E-state index contributed by atoms with van der Waals surface area (Å²) in [5.41, 5.74) is 1.94. The van der Waals surface area contributed by atoms with E-state index in [1.54, 1.807) is 30.3 Å². The molecule has 1 aromatic heterocycles. The Balaban J connectivity index is 1.91. The normalized spacial score (nSPS) is 11.1. The van der Waals surface area contributed by atoms with Crippen LogP contribution in [-0.4, -0.2) is 23.4 Å². The van der Waals surface area contributed by atoms with Gasteiger partial charge in [0, 0.05) is 22.7 Å². The molecule has 1 heterocycles. The third-order valence-corrected chi connectivity index (χ3v) is 3.26. The molecule has 6 nitrogen and oxygen atoms in total. The summed E-state index contributed by atoms with van der Waals surface area (Å²) in [7, 11) is 0. The first-order chi connectivity index (χ1) is 10.8. The predicted octanol–water partition coefficient (Wildman–Crippen LogP) is 3.23. The molecule has 0 radical (unpaired) electrons. The van der Waals surface area contributed by atoms with Crippen molar-refractivity contribution in [2.45, 2.75) is 33.1 Å². The van der Waals surface area contributed by atoms with Crippen LogP contribution >= 0.6 is 0 Å². The number of ketones is 1. The van der Waals surface area contributed by atoms with Crippen molar-refractivity contribution in [1.29, 1.82) is 0 Å². The lowest BCUT2D eigenvalue weighted by atomic mass is 9.92. The number of amides is 1. The average molecular weight is 315 g/mol. The van der Waals surface area contributed by atoms with Crippen LogP contribution in [0.3, 0.4) is 0 Å². The highest BCUT2D eigenvalue weighted by atomic mass is 16.5. The Bertz CT molecular complexity index is 714. The zero-order valence-corrected chi connectivity index (χ0v) is 13.8. The van der Waals surface area contributed by atoms with E-state index in [1.807, 2.05) is 20.8 Å². The number of nitrogens with one attached hydrogen (secondary N) is 2. The Morgan fingerprint density at radius 2 is 1.96 bits per heavy atom. The molecule has 0 atom stereocenters. The largest absolute Gasteiger partial charge is 0.376 e. The highest BCUT2D eigenvalue weighted by molar-refractivity contribution is 5.95. The van der Waals surface area contributed by atoms with E-state index in [4.69, 9.17) is 4.52 Å². The number of anilines is 2. The highest BCUT2D eigenvalue weighted by Gasteiger charge is 2.19. The SMILES string of the molecule is CC(=O)c1cccc(NCC(=O)Nc2cc(C(C)(C)C)no2)c1. The van der Waals surface area contributed by atoms with Gasteiger partial charge in [-0.2, -0.15) is 0 Å². The minimum absolute atomic E-state index is 0.0190. The van der Waals surface area contributed by atoms with Crippen LogP contribution in [0.4, 0.5) is 11.6 Å². The van der Waals surface area contributed by atoms with Gasteiger partial charge in [-0.25, -0.2) is 0 Å². The van der Waals surface area contributed by atoms with E-state index in [0.29, 0.717) is 17.1 Å². The fourth-order valence-corrected chi connectivity index (χ4v) is 1.90. The van der Waals surface area contributed by atoms with E-state index in [-0.39, 0.29) is 23.7 Å². The molecule has 0 bridgehead atoms. The van der Waals surface area contributed by atoms with Crippen molar-refractivity contribution in [1.82, 2.24) is 5.16 Å². The van der Waals surface area contributed by atoms with Crippen molar-refractivity contribution in [3.8, 4) is 0 Å². The van der Waals surface area contributed by atoms with Crippen molar-refractivity contribution in [3.05, 3.63) is 41.6 Å². The van der Waals surface area contributed by atoms with Gasteiger partial charge in [0.25, 0.3) is 0 Å². The number of Topliss-reactive ketones (excluding diaryl/α,β-unsaturated/α-hetero) is 1. The molecule has 23 heavy (non-hydrogen) atoms. The first-order valence-electron chi connectivity index (χ1n) is 7.37. The van der Waals surface area contributed by atoms with E-state index < -0.39 is 0 Å². The van der Waals surface area contributed by atoms with Gasteiger partial charge in [-0.15, -0.1) is 0 Å². The summed E-state index contributed by atoms with van der Waals surface area (Å²) in [5, 5.41) is 9.56. The van der Waals surface area contributed by atoms with Crippen LogP contribution in [0.1, 0.15) is 43.7 Å². The molecule has 2 N–H and O–H groups in total. The monoisotopic (exact) mass is 315 g/mol. The molecule has 0 aliphatic carbocycles. The second-order valence-corrected chi connectivity index (χ2v) is 6.37. The van der Waals surface area contributed by atoms with Crippen LogP contribution in [-0.2, 0) is 10.2 Å². The van der Waals surface area contributed by atoms with Gasteiger partial charge in [-0.05, 0) is 19.1 Å². The van der Waals surface area contributed by atoms with Crippen molar-refractivity contribution in [2.24, 2.45) is 0 Å². The Morgan fingerprint density at radius 3 is 2.57 bits per heavy atom. The smallest absolute Gasteiger partial charge is 0.246 e. The van der Waals surface area contributed by atoms with E-state index in [0.717, 1.165) is 5.69 Å². The van der Waals surface area contributed by atoms with Gasteiger partial charge in [0.15, 0.2) is 5.78 Å². The van der Waals surface area contributed by atoms with Crippen LogP contribution in [0.2, 0.25) is 0 Å². The van der Waals surface area contributed by atoms with Crippen molar-refractivity contribution >= 4 is 23.3 Å². The fourth-order valence-electron chi connectivity index (χ4n) is 1.90. The molecule has 0 saturated carbocycles. The average Bonchev–Trinajstić information content (AvgIpc) is 2.94. The van der Waals surface area contributed by atoms with Crippen molar-refractivity contribution in [3.63, 3.8) is 0 Å². The summed E-state index contributed by atoms with van der Waals surface area (Å²) in [5.74, 6) is 0.0449. The molecule has 0 aliphatic heterocycles. The maximum absolute atomic E-state index is 11.9. The number of hydrogen-bond donors (Lipinski definition) is 2. The number of aromatic nitrogens is 1. The molecule has 2 rings (SSSR count).